The molecule has 0 amide bonds. The van der Waals surface area contributed by atoms with Crippen molar-refractivity contribution >= 4 is 17.9 Å². The molecule has 0 aromatic rings. The number of carbonyl (C=O) groups excluding carboxylic acids is 3. The lowest BCUT2D eigenvalue weighted by molar-refractivity contribution is -0.167. The minimum Gasteiger partial charge on any atom is -0.462 e. The van der Waals surface area contributed by atoms with Crippen molar-refractivity contribution in [1.82, 2.24) is 0 Å². The molecule has 0 aliphatic heterocycles. The van der Waals surface area contributed by atoms with E-state index < -0.39 is 6.10 Å². The maximum atomic E-state index is 12.9. The minimum atomic E-state index is -0.762. The van der Waals surface area contributed by atoms with Crippen LogP contribution in [0.25, 0.3) is 0 Å². The van der Waals surface area contributed by atoms with E-state index in [1.54, 1.807) is 0 Å². The SMILES string of the molecule is CCCCCCCCCCCC(=O)OC[C@@H](COC(=O)CCCCCCCCCCCCCCCCCCC(C)C)OC(=O)CCCCCCCCCCCCCCCCCCCCC(C)CC. The van der Waals surface area contributed by atoms with Gasteiger partial charge in [0.1, 0.15) is 13.2 Å². The highest BCUT2D eigenvalue weighted by Gasteiger charge is 2.19. The number of unbranched alkanes of at least 4 members (excludes halogenated alkanes) is 40. The molecule has 0 saturated heterocycles. The van der Waals surface area contributed by atoms with E-state index in [-0.39, 0.29) is 31.1 Å². The zero-order valence-corrected chi connectivity index (χ0v) is 46.7. The molecule has 0 heterocycles. The summed E-state index contributed by atoms with van der Waals surface area (Å²) in [6.07, 6.45) is 59.6. The standard InChI is InChI=1S/C62H120O6/c1-6-8-9-10-11-30-37-42-47-52-60(63)66-55-59(56-67-61(64)53-48-43-38-33-28-24-20-17-16-18-22-26-31-35-40-45-50-57(3)4)68-62(65)54-49-44-39-34-29-25-21-15-13-12-14-19-23-27-32-36-41-46-51-58(5)7-2/h57-59H,6-56H2,1-5H3/t58?,59-/m0/s1. The average Bonchev–Trinajstić information content (AvgIpc) is 3.32. The molecule has 0 aromatic heterocycles. The van der Waals surface area contributed by atoms with Gasteiger partial charge in [0.15, 0.2) is 6.10 Å². The van der Waals surface area contributed by atoms with Crippen LogP contribution in [-0.4, -0.2) is 37.2 Å². The van der Waals surface area contributed by atoms with Crippen LogP contribution in [0.2, 0.25) is 0 Å². The smallest absolute Gasteiger partial charge is 0.306 e. The van der Waals surface area contributed by atoms with E-state index in [2.05, 4.69) is 34.6 Å². The molecule has 2 atom stereocenters. The summed E-state index contributed by atoms with van der Waals surface area (Å²) in [5.74, 6) is 0.924. The maximum absolute atomic E-state index is 12.9. The van der Waals surface area contributed by atoms with E-state index >= 15 is 0 Å². The summed E-state index contributed by atoms with van der Waals surface area (Å²) in [7, 11) is 0. The Labute approximate surface area is 425 Å². The fourth-order valence-electron chi connectivity index (χ4n) is 9.55. The highest BCUT2D eigenvalue weighted by molar-refractivity contribution is 5.71. The van der Waals surface area contributed by atoms with Crippen molar-refractivity contribution < 1.29 is 28.6 Å². The van der Waals surface area contributed by atoms with Crippen LogP contribution in [0.5, 0.6) is 0 Å². The second kappa shape index (κ2) is 54.7. The van der Waals surface area contributed by atoms with Crippen LogP contribution < -0.4 is 0 Å². The molecular formula is C62H120O6. The van der Waals surface area contributed by atoms with Gasteiger partial charge in [-0.15, -0.1) is 0 Å². The molecule has 0 radical (unpaired) electrons. The fourth-order valence-corrected chi connectivity index (χ4v) is 9.55. The van der Waals surface area contributed by atoms with E-state index in [1.807, 2.05) is 0 Å². The summed E-state index contributed by atoms with van der Waals surface area (Å²) in [5.41, 5.74) is 0. The van der Waals surface area contributed by atoms with Crippen LogP contribution in [0.3, 0.4) is 0 Å². The Bertz CT molecular complexity index is 1040. The van der Waals surface area contributed by atoms with Crippen LogP contribution in [0.1, 0.15) is 349 Å². The number of ether oxygens (including phenoxy) is 3. The van der Waals surface area contributed by atoms with Gasteiger partial charge in [0, 0.05) is 19.3 Å². The molecular weight excluding hydrogens is 841 g/mol. The van der Waals surface area contributed by atoms with Gasteiger partial charge in [-0.05, 0) is 31.1 Å². The number of hydrogen-bond acceptors (Lipinski definition) is 6. The van der Waals surface area contributed by atoms with E-state index in [9.17, 15) is 14.4 Å². The van der Waals surface area contributed by atoms with Gasteiger partial charge in [-0.3, -0.25) is 14.4 Å². The lowest BCUT2D eigenvalue weighted by atomic mass is 9.99. The Morgan fingerprint density at radius 2 is 0.559 bits per heavy atom. The summed E-state index contributed by atoms with van der Waals surface area (Å²) in [5, 5.41) is 0. The van der Waals surface area contributed by atoms with Crippen molar-refractivity contribution in [3.8, 4) is 0 Å². The van der Waals surface area contributed by atoms with Crippen LogP contribution in [0, 0.1) is 11.8 Å². The third-order valence-corrected chi connectivity index (χ3v) is 14.6. The summed E-state index contributed by atoms with van der Waals surface area (Å²) >= 11 is 0. The van der Waals surface area contributed by atoms with Crippen molar-refractivity contribution in [2.75, 3.05) is 13.2 Å². The normalized spacial score (nSPS) is 12.4. The van der Waals surface area contributed by atoms with Gasteiger partial charge in [0.2, 0.25) is 0 Å². The van der Waals surface area contributed by atoms with E-state index in [4.69, 9.17) is 14.2 Å². The zero-order valence-electron chi connectivity index (χ0n) is 46.7. The Kier molecular flexibility index (Phi) is 53.5. The first-order chi connectivity index (χ1) is 33.3. The molecule has 6 heteroatoms. The van der Waals surface area contributed by atoms with E-state index in [0.717, 1.165) is 69.6 Å². The highest BCUT2D eigenvalue weighted by Crippen LogP contribution is 2.19. The first-order valence-corrected chi connectivity index (χ1v) is 30.8. The molecule has 0 saturated carbocycles. The molecule has 0 fully saturated rings. The molecule has 0 bridgehead atoms. The van der Waals surface area contributed by atoms with Crippen molar-refractivity contribution in [3.63, 3.8) is 0 Å². The van der Waals surface area contributed by atoms with Crippen LogP contribution in [0.4, 0.5) is 0 Å². The molecule has 0 aromatic carbocycles. The second-order valence-corrected chi connectivity index (χ2v) is 22.1. The Balaban J connectivity index is 4.17. The Morgan fingerprint density at radius 3 is 0.838 bits per heavy atom. The fraction of sp³-hybridized carbons (Fsp3) is 0.952. The van der Waals surface area contributed by atoms with Crippen LogP contribution in [0.15, 0.2) is 0 Å². The number of esters is 3. The highest BCUT2D eigenvalue weighted by atomic mass is 16.6. The van der Waals surface area contributed by atoms with Gasteiger partial charge in [-0.2, -0.15) is 0 Å². The molecule has 0 rings (SSSR count). The summed E-state index contributed by atoms with van der Waals surface area (Å²) < 4.78 is 16.9. The number of carbonyl (C=O) groups is 3. The predicted octanol–water partition coefficient (Wildman–Crippen LogP) is 20.4. The molecule has 404 valence electrons. The van der Waals surface area contributed by atoms with Gasteiger partial charge >= 0.3 is 17.9 Å². The third-order valence-electron chi connectivity index (χ3n) is 14.6. The summed E-state index contributed by atoms with van der Waals surface area (Å²) in [6.45, 7) is 11.5. The van der Waals surface area contributed by atoms with Crippen molar-refractivity contribution in [2.24, 2.45) is 11.8 Å². The summed E-state index contributed by atoms with van der Waals surface area (Å²) in [4.78, 5) is 38.1. The molecule has 6 nitrogen and oxygen atoms in total. The van der Waals surface area contributed by atoms with E-state index in [0.29, 0.717) is 19.3 Å². The molecule has 0 spiro atoms. The Morgan fingerprint density at radius 1 is 0.309 bits per heavy atom. The zero-order chi connectivity index (χ0) is 49.6. The molecule has 1 unspecified atom stereocenters. The van der Waals surface area contributed by atoms with E-state index in [1.165, 1.54) is 238 Å². The summed E-state index contributed by atoms with van der Waals surface area (Å²) in [6, 6.07) is 0. The molecule has 0 N–H and O–H groups in total. The monoisotopic (exact) mass is 961 g/mol. The van der Waals surface area contributed by atoms with Crippen molar-refractivity contribution in [2.45, 2.75) is 355 Å². The first kappa shape index (κ1) is 66.4. The lowest BCUT2D eigenvalue weighted by Gasteiger charge is -2.18. The number of rotatable bonds is 56. The first-order valence-electron chi connectivity index (χ1n) is 30.8. The van der Waals surface area contributed by atoms with Crippen molar-refractivity contribution in [3.05, 3.63) is 0 Å². The Hall–Kier alpha value is -1.59. The topological polar surface area (TPSA) is 78.9 Å². The quantitative estimate of drug-likeness (QED) is 0.0343. The maximum Gasteiger partial charge on any atom is 0.306 e. The average molecular weight is 962 g/mol. The second-order valence-electron chi connectivity index (χ2n) is 22.1. The van der Waals surface area contributed by atoms with Gasteiger partial charge in [-0.1, -0.05) is 311 Å². The largest absolute Gasteiger partial charge is 0.462 e. The van der Waals surface area contributed by atoms with Gasteiger partial charge < -0.3 is 14.2 Å². The molecule has 0 aliphatic rings. The number of hydrogen-bond donors (Lipinski definition) is 0. The van der Waals surface area contributed by atoms with Crippen LogP contribution >= 0.6 is 0 Å². The minimum absolute atomic E-state index is 0.0623. The lowest BCUT2D eigenvalue weighted by Crippen LogP contribution is -2.30. The van der Waals surface area contributed by atoms with Gasteiger partial charge in [0.05, 0.1) is 0 Å². The molecule has 0 aliphatic carbocycles. The molecule has 68 heavy (non-hydrogen) atoms. The van der Waals surface area contributed by atoms with Crippen LogP contribution in [-0.2, 0) is 28.6 Å². The van der Waals surface area contributed by atoms with Gasteiger partial charge in [-0.25, -0.2) is 0 Å². The van der Waals surface area contributed by atoms with Crippen molar-refractivity contribution in [1.29, 1.82) is 0 Å². The third kappa shape index (κ3) is 53.8. The van der Waals surface area contributed by atoms with Gasteiger partial charge in [0.25, 0.3) is 0 Å². The predicted molar refractivity (Wildman–Crippen MR) is 293 cm³/mol.